The molecule has 0 fully saturated rings. The molecule has 3 heterocycles. The maximum Gasteiger partial charge on any atom is 0.164 e. The van der Waals surface area contributed by atoms with E-state index in [1.165, 1.54) is 42.4 Å². The van der Waals surface area contributed by atoms with E-state index in [1.54, 1.807) is 0 Å². The zero-order valence-corrected chi connectivity index (χ0v) is 36.3. The molecule has 13 rings (SSSR count). The summed E-state index contributed by atoms with van der Waals surface area (Å²) in [6, 6.07) is 79.2. The molecule has 308 valence electrons. The van der Waals surface area contributed by atoms with E-state index in [0.717, 1.165) is 71.7 Å². The van der Waals surface area contributed by atoms with E-state index in [1.807, 2.05) is 35.6 Å². The van der Waals surface area contributed by atoms with Crippen molar-refractivity contribution >= 4 is 64.2 Å². The van der Waals surface area contributed by atoms with Gasteiger partial charge in [0.1, 0.15) is 11.2 Å². The van der Waals surface area contributed by atoms with Crippen LogP contribution in [-0.2, 0) is 0 Å². The van der Waals surface area contributed by atoms with Crippen LogP contribution in [0.2, 0.25) is 0 Å². The fourth-order valence-corrected chi connectivity index (χ4v) is 10.7. The fraction of sp³-hybridized carbons (Fsp3) is 0. The molecule has 0 atom stereocenters. The summed E-state index contributed by atoms with van der Waals surface area (Å²) in [5.41, 5.74) is 13.8. The highest BCUT2D eigenvalue weighted by Crippen LogP contribution is 2.44. The Hall–Kier alpha value is -8.51. The van der Waals surface area contributed by atoms with Gasteiger partial charge in [0.05, 0.1) is 0 Å². The molecule has 66 heavy (non-hydrogen) atoms. The number of rotatable bonds is 7. The Kier molecular flexibility index (Phi) is 9.00. The number of thiophene rings is 1. The third-order valence-electron chi connectivity index (χ3n) is 12.8. The van der Waals surface area contributed by atoms with Crippen LogP contribution >= 0.6 is 11.3 Å². The lowest BCUT2D eigenvalue weighted by atomic mass is 9.92. The second kappa shape index (κ2) is 15.6. The third-order valence-corrected chi connectivity index (χ3v) is 13.9. The Labute approximate surface area is 384 Å². The first-order chi connectivity index (χ1) is 32.7. The first-order valence-corrected chi connectivity index (χ1v) is 23.0. The van der Waals surface area contributed by atoms with Gasteiger partial charge in [0.25, 0.3) is 0 Å². The molecule has 0 bridgehead atoms. The molecular formula is C61H37N3OS. The molecule has 0 aliphatic heterocycles. The highest BCUT2D eigenvalue weighted by molar-refractivity contribution is 7.25. The monoisotopic (exact) mass is 859 g/mol. The van der Waals surface area contributed by atoms with Crippen molar-refractivity contribution in [3.63, 3.8) is 0 Å². The SMILES string of the molecule is c1ccc(-c2ccc(-c3ccc(-c4nc(-c5ccccc5)nc(-c5cccc6c(-c7cccc8oc9ccc(-c%10cccc%11sc%12ccccc%12c%10%11)cc9c78)cccc56)n4)cc3)cc2)cc1. The number of aromatic nitrogens is 3. The normalized spacial score (nSPS) is 11.6. The van der Waals surface area contributed by atoms with Crippen molar-refractivity contribution in [1.82, 2.24) is 15.0 Å². The summed E-state index contributed by atoms with van der Waals surface area (Å²) in [7, 11) is 0. The van der Waals surface area contributed by atoms with Crippen molar-refractivity contribution in [1.29, 1.82) is 0 Å². The topological polar surface area (TPSA) is 51.8 Å². The van der Waals surface area contributed by atoms with Crippen molar-refractivity contribution in [3.8, 4) is 78.7 Å². The summed E-state index contributed by atoms with van der Waals surface area (Å²) >= 11 is 1.85. The summed E-state index contributed by atoms with van der Waals surface area (Å²) < 4.78 is 9.18. The molecule has 0 amide bonds. The standard InChI is InChI=1S/C61H37N3OS/c1-3-13-38(14-4-1)39-27-29-40(30-28-39)41-31-33-43(34-32-41)60-62-59(42-15-5-2-6-16-42)63-61(64-60)50-23-10-19-46-47(20-9-21-48(46)50)49-22-11-24-54-57(49)52-37-44(35-36-53(52)65-54)45-18-12-26-56-58(45)51-17-7-8-25-55(51)66-56/h1-37H. The lowest BCUT2D eigenvalue weighted by molar-refractivity contribution is 0.669. The predicted octanol–water partition coefficient (Wildman–Crippen LogP) is 17.0. The number of furan rings is 1. The van der Waals surface area contributed by atoms with Gasteiger partial charge in [-0.05, 0) is 85.6 Å². The lowest BCUT2D eigenvalue weighted by Crippen LogP contribution is -2.00. The molecule has 0 spiro atoms. The van der Waals surface area contributed by atoms with Gasteiger partial charge in [0, 0.05) is 47.6 Å². The lowest BCUT2D eigenvalue weighted by Gasteiger charge is -2.13. The van der Waals surface area contributed by atoms with Gasteiger partial charge in [-0.15, -0.1) is 11.3 Å². The van der Waals surface area contributed by atoms with E-state index in [9.17, 15) is 0 Å². The summed E-state index contributed by atoms with van der Waals surface area (Å²) in [4.78, 5) is 15.5. The second-order valence-corrected chi connectivity index (χ2v) is 17.8. The van der Waals surface area contributed by atoms with Crippen molar-refractivity contribution < 1.29 is 4.42 Å². The van der Waals surface area contributed by atoms with Crippen LogP contribution in [0.4, 0.5) is 0 Å². The average molecular weight is 860 g/mol. The minimum atomic E-state index is 0.619. The number of hydrogen-bond donors (Lipinski definition) is 0. The zero-order valence-electron chi connectivity index (χ0n) is 35.5. The van der Waals surface area contributed by atoms with Gasteiger partial charge in [0.2, 0.25) is 0 Å². The van der Waals surface area contributed by atoms with Crippen LogP contribution in [0.25, 0.3) is 132 Å². The fourth-order valence-electron chi connectivity index (χ4n) is 9.61. The number of hydrogen-bond acceptors (Lipinski definition) is 5. The van der Waals surface area contributed by atoms with Crippen molar-refractivity contribution in [2.75, 3.05) is 0 Å². The Balaban J connectivity index is 0.920. The van der Waals surface area contributed by atoms with Gasteiger partial charge in [0.15, 0.2) is 17.5 Å². The van der Waals surface area contributed by atoms with E-state index in [-0.39, 0.29) is 0 Å². The molecule has 0 aliphatic rings. The molecule has 0 N–H and O–H groups in total. The third kappa shape index (κ3) is 6.48. The van der Waals surface area contributed by atoms with Crippen LogP contribution in [0.5, 0.6) is 0 Å². The van der Waals surface area contributed by atoms with Crippen LogP contribution in [0.15, 0.2) is 229 Å². The van der Waals surface area contributed by atoms with Gasteiger partial charge in [-0.25, -0.2) is 15.0 Å². The molecule has 0 aliphatic carbocycles. The van der Waals surface area contributed by atoms with E-state index < -0.39 is 0 Å². The van der Waals surface area contributed by atoms with Crippen molar-refractivity contribution in [2.24, 2.45) is 0 Å². The minimum absolute atomic E-state index is 0.619. The van der Waals surface area contributed by atoms with E-state index >= 15 is 0 Å². The molecule has 0 unspecified atom stereocenters. The molecular weight excluding hydrogens is 823 g/mol. The van der Waals surface area contributed by atoms with E-state index in [4.69, 9.17) is 19.4 Å². The summed E-state index contributed by atoms with van der Waals surface area (Å²) in [6.45, 7) is 0. The van der Waals surface area contributed by atoms with Gasteiger partial charge in [-0.1, -0.05) is 194 Å². The molecule has 0 saturated carbocycles. The van der Waals surface area contributed by atoms with Crippen LogP contribution < -0.4 is 0 Å². The minimum Gasteiger partial charge on any atom is -0.456 e. The number of fused-ring (bicyclic) bond motifs is 7. The molecule has 0 saturated heterocycles. The van der Waals surface area contributed by atoms with Gasteiger partial charge < -0.3 is 4.42 Å². The first-order valence-electron chi connectivity index (χ1n) is 22.2. The van der Waals surface area contributed by atoms with E-state index in [0.29, 0.717) is 17.5 Å². The zero-order chi connectivity index (χ0) is 43.6. The van der Waals surface area contributed by atoms with Crippen LogP contribution in [0.1, 0.15) is 0 Å². The van der Waals surface area contributed by atoms with Crippen molar-refractivity contribution in [2.45, 2.75) is 0 Å². The van der Waals surface area contributed by atoms with Crippen LogP contribution in [0.3, 0.4) is 0 Å². The Morgan fingerprint density at radius 2 is 0.758 bits per heavy atom. The van der Waals surface area contributed by atoms with Gasteiger partial charge in [-0.3, -0.25) is 0 Å². The molecule has 5 heteroatoms. The Morgan fingerprint density at radius 1 is 0.273 bits per heavy atom. The number of nitrogens with zero attached hydrogens (tertiary/aromatic N) is 3. The number of benzene rings is 10. The highest BCUT2D eigenvalue weighted by atomic mass is 32.1. The van der Waals surface area contributed by atoms with Crippen LogP contribution in [0, 0.1) is 0 Å². The molecule has 13 aromatic rings. The van der Waals surface area contributed by atoms with Crippen molar-refractivity contribution in [3.05, 3.63) is 224 Å². The van der Waals surface area contributed by atoms with E-state index in [2.05, 4.69) is 200 Å². The molecule has 3 aromatic heterocycles. The maximum atomic E-state index is 6.59. The first kappa shape index (κ1) is 38.0. The summed E-state index contributed by atoms with van der Waals surface area (Å²) in [6.07, 6.45) is 0. The molecule has 4 nitrogen and oxygen atoms in total. The average Bonchev–Trinajstić information content (AvgIpc) is 3.97. The van der Waals surface area contributed by atoms with Gasteiger partial charge in [-0.2, -0.15) is 0 Å². The molecule has 0 radical (unpaired) electrons. The molecule has 10 aromatic carbocycles. The maximum absolute atomic E-state index is 6.59. The summed E-state index contributed by atoms with van der Waals surface area (Å²) in [5.74, 6) is 1.87. The Bertz CT molecular complexity index is 3970. The van der Waals surface area contributed by atoms with Gasteiger partial charge >= 0.3 is 0 Å². The smallest absolute Gasteiger partial charge is 0.164 e. The quantitative estimate of drug-likeness (QED) is 0.160. The second-order valence-electron chi connectivity index (χ2n) is 16.7. The predicted molar refractivity (Wildman–Crippen MR) is 276 cm³/mol. The highest BCUT2D eigenvalue weighted by Gasteiger charge is 2.20. The Morgan fingerprint density at radius 3 is 1.48 bits per heavy atom. The largest absolute Gasteiger partial charge is 0.456 e. The summed E-state index contributed by atoms with van der Waals surface area (Å²) in [5, 5.41) is 6.94. The van der Waals surface area contributed by atoms with Crippen LogP contribution in [-0.4, -0.2) is 15.0 Å².